The number of hydrogen-bond acceptors (Lipinski definition) is 7. The van der Waals surface area contributed by atoms with E-state index in [1.165, 1.54) is 0 Å². The Morgan fingerprint density at radius 2 is 1.22 bits per heavy atom. The predicted octanol–water partition coefficient (Wildman–Crippen LogP) is 4.71. The van der Waals surface area contributed by atoms with Crippen LogP contribution in [0.3, 0.4) is 0 Å². The Labute approximate surface area is 196 Å². The van der Waals surface area contributed by atoms with Gasteiger partial charge in [-0.25, -0.2) is 9.59 Å². The molecule has 0 aliphatic rings. The van der Waals surface area contributed by atoms with Crippen molar-refractivity contribution >= 4 is 28.6 Å². The van der Waals surface area contributed by atoms with Crippen LogP contribution in [-0.2, 0) is 32.7 Å². The van der Waals surface area contributed by atoms with E-state index in [0.717, 1.165) is 6.42 Å². The SMILES string of the molecule is C=C(C)C(=O)OCCOC(C)(CC)[Si](C)(C)OC(C)(C)[Si](C)(C)OCCOC(=O)C(=C)C. The van der Waals surface area contributed by atoms with Crippen molar-refractivity contribution in [2.45, 2.75) is 84.6 Å². The van der Waals surface area contributed by atoms with Crippen LogP contribution in [0.2, 0.25) is 26.2 Å². The van der Waals surface area contributed by atoms with Gasteiger partial charge in [0.15, 0.2) is 0 Å². The van der Waals surface area contributed by atoms with Crippen LogP contribution in [0.4, 0.5) is 0 Å². The molecule has 0 amide bonds. The van der Waals surface area contributed by atoms with Crippen molar-refractivity contribution in [1.29, 1.82) is 0 Å². The molecule has 0 aromatic heterocycles. The third-order valence-electron chi connectivity index (χ3n) is 6.12. The predicted molar refractivity (Wildman–Crippen MR) is 132 cm³/mol. The molecule has 186 valence electrons. The van der Waals surface area contributed by atoms with Gasteiger partial charge in [0.25, 0.3) is 0 Å². The van der Waals surface area contributed by atoms with Crippen LogP contribution in [0, 0.1) is 0 Å². The van der Waals surface area contributed by atoms with E-state index < -0.39 is 39.0 Å². The van der Waals surface area contributed by atoms with Gasteiger partial charge >= 0.3 is 11.9 Å². The summed E-state index contributed by atoms with van der Waals surface area (Å²) < 4.78 is 29.5. The topological polar surface area (TPSA) is 80.3 Å². The highest BCUT2D eigenvalue weighted by Gasteiger charge is 2.52. The molecule has 0 bridgehead atoms. The summed E-state index contributed by atoms with van der Waals surface area (Å²) in [5.41, 5.74) is 0.732. The second kappa shape index (κ2) is 12.3. The van der Waals surface area contributed by atoms with Crippen molar-refractivity contribution in [1.82, 2.24) is 0 Å². The zero-order chi connectivity index (χ0) is 25.4. The summed E-state index contributed by atoms with van der Waals surface area (Å²) in [6.45, 7) is 28.0. The average Bonchev–Trinajstić information content (AvgIpc) is 2.66. The molecule has 0 aliphatic carbocycles. The molecular weight excluding hydrogens is 444 g/mol. The standard InChI is InChI=1S/C23H44O7Si2/c1-13-23(8,28-16-14-26-20(24)18(2)3)32(11,12)30-22(6,7)31(9,10)29-17-15-27-21(25)19(4)5/h2,4,13-17H2,1,3,5-12H3. The third kappa shape index (κ3) is 8.94. The van der Waals surface area contributed by atoms with Crippen molar-refractivity contribution in [3.63, 3.8) is 0 Å². The Morgan fingerprint density at radius 1 is 0.781 bits per heavy atom. The number of rotatable bonds is 15. The molecule has 7 nitrogen and oxygen atoms in total. The van der Waals surface area contributed by atoms with Gasteiger partial charge in [-0.2, -0.15) is 0 Å². The number of carbonyl (C=O) groups excluding carboxylic acids is 2. The Morgan fingerprint density at radius 3 is 1.62 bits per heavy atom. The fourth-order valence-corrected chi connectivity index (χ4v) is 8.31. The quantitative estimate of drug-likeness (QED) is 0.143. The van der Waals surface area contributed by atoms with Crippen LogP contribution >= 0.6 is 0 Å². The number of esters is 2. The van der Waals surface area contributed by atoms with E-state index in [0.29, 0.717) is 17.8 Å². The van der Waals surface area contributed by atoms with Gasteiger partial charge in [-0.05, 0) is 67.2 Å². The maximum Gasteiger partial charge on any atom is 0.333 e. The van der Waals surface area contributed by atoms with E-state index in [-0.39, 0.29) is 19.8 Å². The first-order chi connectivity index (χ1) is 14.4. The van der Waals surface area contributed by atoms with Crippen LogP contribution in [0.1, 0.15) is 48.0 Å². The van der Waals surface area contributed by atoms with Crippen molar-refractivity contribution < 1.29 is 32.7 Å². The lowest BCUT2D eigenvalue weighted by molar-refractivity contribution is -0.142. The molecule has 0 aromatic rings. The fourth-order valence-electron chi connectivity index (χ4n) is 2.82. The molecule has 1 atom stereocenters. The molecule has 0 heterocycles. The summed E-state index contributed by atoms with van der Waals surface area (Å²) in [6, 6.07) is 0. The molecule has 9 heteroatoms. The highest BCUT2D eigenvalue weighted by molar-refractivity contribution is 6.78. The van der Waals surface area contributed by atoms with Crippen molar-refractivity contribution in [2.75, 3.05) is 26.4 Å². The zero-order valence-electron chi connectivity index (χ0n) is 21.8. The molecule has 0 radical (unpaired) electrons. The molecule has 0 rings (SSSR count). The molecule has 0 aromatic carbocycles. The lowest BCUT2D eigenvalue weighted by Crippen LogP contribution is -2.65. The van der Waals surface area contributed by atoms with Crippen LogP contribution in [-0.4, -0.2) is 65.4 Å². The molecule has 32 heavy (non-hydrogen) atoms. The minimum Gasteiger partial charge on any atom is -0.460 e. The van der Waals surface area contributed by atoms with Gasteiger partial charge in [0.05, 0.1) is 23.7 Å². The lowest BCUT2D eigenvalue weighted by atomic mass is 10.3. The van der Waals surface area contributed by atoms with E-state index in [2.05, 4.69) is 67.0 Å². The van der Waals surface area contributed by atoms with Crippen LogP contribution in [0.5, 0.6) is 0 Å². The van der Waals surface area contributed by atoms with E-state index in [9.17, 15) is 9.59 Å². The summed E-state index contributed by atoms with van der Waals surface area (Å²) in [4.78, 5) is 23.1. The molecule has 0 saturated carbocycles. The number of carbonyl (C=O) groups is 2. The summed E-state index contributed by atoms with van der Waals surface area (Å²) in [6.07, 6.45) is 0.760. The Balaban J connectivity index is 5.05. The van der Waals surface area contributed by atoms with Crippen molar-refractivity contribution in [3.05, 3.63) is 24.3 Å². The van der Waals surface area contributed by atoms with Crippen molar-refractivity contribution in [2.24, 2.45) is 0 Å². The lowest BCUT2D eigenvalue weighted by Gasteiger charge is -2.49. The first-order valence-corrected chi connectivity index (χ1v) is 16.9. The van der Waals surface area contributed by atoms with Crippen molar-refractivity contribution in [3.8, 4) is 0 Å². The van der Waals surface area contributed by atoms with Gasteiger partial charge in [0, 0.05) is 11.1 Å². The van der Waals surface area contributed by atoms with Gasteiger partial charge < -0.3 is 23.1 Å². The third-order valence-corrected chi connectivity index (χ3v) is 14.3. The van der Waals surface area contributed by atoms with E-state index >= 15 is 0 Å². The maximum atomic E-state index is 11.6. The van der Waals surface area contributed by atoms with E-state index in [1.54, 1.807) is 13.8 Å². The Hall–Kier alpha value is -1.27. The van der Waals surface area contributed by atoms with E-state index in [4.69, 9.17) is 23.1 Å². The summed E-state index contributed by atoms with van der Waals surface area (Å²) in [7, 11) is -4.74. The first-order valence-electron chi connectivity index (χ1n) is 11.1. The second-order valence-electron chi connectivity index (χ2n) is 9.75. The minimum atomic E-state index is -2.40. The van der Waals surface area contributed by atoms with Gasteiger partial charge in [0.2, 0.25) is 16.6 Å². The summed E-state index contributed by atoms with van der Waals surface area (Å²) >= 11 is 0. The smallest absolute Gasteiger partial charge is 0.333 e. The normalized spacial score (nSPS) is 14.4. The molecular formula is C23H44O7Si2. The van der Waals surface area contributed by atoms with Gasteiger partial charge in [-0.3, -0.25) is 0 Å². The largest absolute Gasteiger partial charge is 0.460 e. The van der Waals surface area contributed by atoms with Gasteiger partial charge in [-0.15, -0.1) is 0 Å². The van der Waals surface area contributed by atoms with Crippen LogP contribution < -0.4 is 0 Å². The Bertz CT molecular complexity index is 686. The first kappa shape index (κ1) is 30.7. The average molecular weight is 489 g/mol. The number of hydrogen-bond donors (Lipinski definition) is 0. The fraction of sp³-hybridized carbons (Fsp3) is 0.739. The molecule has 0 spiro atoms. The zero-order valence-corrected chi connectivity index (χ0v) is 23.8. The molecule has 0 fully saturated rings. The van der Waals surface area contributed by atoms with Gasteiger partial charge in [0.1, 0.15) is 13.2 Å². The monoisotopic (exact) mass is 488 g/mol. The highest BCUT2D eigenvalue weighted by atomic mass is 28.4. The van der Waals surface area contributed by atoms with Crippen LogP contribution in [0.25, 0.3) is 0 Å². The van der Waals surface area contributed by atoms with E-state index in [1.807, 2.05) is 0 Å². The maximum absolute atomic E-state index is 11.6. The molecule has 0 saturated heterocycles. The summed E-state index contributed by atoms with van der Waals surface area (Å²) in [5.74, 6) is -0.832. The highest BCUT2D eigenvalue weighted by Crippen LogP contribution is 2.36. The molecule has 0 aliphatic heterocycles. The second-order valence-corrected chi connectivity index (χ2v) is 18.5. The van der Waals surface area contributed by atoms with Crippen LogP contribution in [0.15, 0.2) is 24.3 Å². The van der Waals surface area contributed by atoms with Gasteiger partial charge in [-0.1, -0.05) is 20.1 Å². The molecule has 0 N–H and O–H groups in total. The Kier molecular flexibility index (Phi) is 11.8. The number of ether oxygens (including phenoxy) is 3. The minimum absolute atomic E-state index is 0.168. The summed E-state index contributed by atoms with van der Waals surface area (Å²) in [5, 5.41) is -0.991. The molecule has 1 unspecified atom stereocenters.